The molecule has 1 aliphatic heterocycles. The van der Waals surface area contributed by atoms with Crippen LogP contribution in [0.25, 0.3) is 0 Å². The standard InChI is InChI=1S/C15H24N2O/c1-10-6-11(2)14(13(7-10)18-5)15(17(3)4)12-8-16-9-12/h6-7,12,15-16H,8-9H2,1-5H3. The van der Waals surface area contributed by atoms with Crippen LogP contribution in [0.5, 0.6) is 5.75 Å². The summed E-state index contributed by atoms with van der Waals surface area (Å²) in [6, 6.07) is 4.83. The van der Waals surface area contributed by atoms with Gasteiger partial charge in [0.15, 0.2) is 0 Å². The molecule has 100 valence electrons. The van der Waals surface area contributed by atoms with Crippen LogP contribution >= 0.6 is 0 Å². The highest BCUT2D eigenvalue weighted by molar-refractivity contribution is 5.45. The van der Waals surface area contributed by atoms with Crippen LogP contribution in [-0.4, -0.2) is 39.2 Å². The van der Waals surface area contributed by atoms with E-state index in [-0.39, 0.29) is 0 Å². The number of methoxy groups -OCH3 is 1. The Kier molecular flexibility index (Phi) is 3.93. The minimum atomic E-state index is 0.432. The highest BCUT2D eigenvalue weighted by Gasteiger charge is 2.32. The Morgan fingerprint density at radius 1 is 1.28 bits per heavy atom. The summed E-state index contributed by atoms with van der Waals surface area (Å²) in [5.74, 6) is 1.70. The van der Waals surface area contributed by atoms with E-state index in [0.717, 1.165) is 18.8 Å². The van der Waals surface area contributed by atoms with E-state index in [1.54, 1.807) is 7.11 Å². The molecule has 1 aromatic carbocycles. The fourth-order valence-electron chi connectivity index (χ4n) is 2.94. The lowest BCUT2D eigenvalue weighted by molar-refractivity contribution is 0.157. The number of hydrogen-bond donors (Lipinski definition) is 1. The average molecular weight is 248 g/mol. The van der Waals surface area contributed by atoms with Crippen molar-refractivity contribution in [1.82, 2.24) is 10.2 Å². The normalized spacial score (nSPS) is 17.7. The third-order valence-corrected chi connectivity index (χ3v) is 3.82. The number of nitrogens with zero attached hydrogens (tertiary/aromatic N) is 1. The Morgan fingerprint density at radius 2 is 1.94 bits per heavy atom. The zero-order valence-electron chi connectivity index (χ0n) is 12.1. The van der Waals surface area contributed by atoms with Crippen LogP contribution in [-0.2, 0) is 0 Å². The van der Waals surface area contributed by atoms with Gasteiger partial charge in [-0.05, 0) is 45.1 Å². The molecule has 1 heterocycles. The molecule has 0 aromatic heterocycles. The Labute approximate surface area is 110 Å². The van der Waals surface area contributed by atoms with Gasteiger partial charge in [-0.2, -0.15) is 0 Å². The van der Waals surface area contributed by atoms with Gasteiger partial charge in [-0.15, -0.1) is 0 Å². The maximum atomic E-state index is 5.61. The van der Waals surface area contributed by atoms with E-state index in [1.165, 1.54) is 16.7 Å². The van der Waals surface area contributed by atoms with Crippen molar-refractivity contribution in [2.45, 2.75) is 19.9 Å². The van der Waals surface area contributed by atoms with Crippen LogP contribution in [0.1, 0.15) is 22.7 Å². The number of ether oxygens (including phenoxy) is 1. The van der Waals surface area contributed by atoms with Crippen LogP contribution in [0.4, 0.5) is 0 Å². The van der Waals surface area contributed by atoms with Gasteiger partial charge in [0.05, 0.1) is 7.11 Å². The van der Waals surface area contributed by atoms with E-state index < -0.39 is 0 Å². The second kappa shape index (κ2) is 5.29. The molecular formula is C15H24N2O. The highest BCUT2D eigenvalue weighted by Crippen LogP contribution is 2.38. The van der Waals surface area contributed by atoms with Crippen molar-refractivity contribution in [2.75, 3.05) is 34.3 Å². The number of nitrogens with one attached hydrogen (secondary N) is 1. The molecule has 3 heteroatoms. The maximum absolute atomic E-state index is 5.61. The molecule has 1 atom stereocenters. The topological polar surface area (TPSA) is 24.5 Å². The first-order chi connectivity index (χ1) is 8.54. The average Bonchev–Trinajstić information content (AvgIpc) is 2.22. The summed E-state index contributed by atoms with van der Waals surface area (Å²) in [5.41, 5.74) is 3.94. The second-order valence-electron chi connectivity index (χ2n) is 5.52. The lowest BCUT2D eigenvalue weighted by atomic mass is 9.84. The van der Waals surface area contributed by atoms with Crippen molar-refractivity contribution >= 4 is 0 Å². The first-order valence-electron chi connectivity index (χ1n) is 6.57. The van der Waals surface area contributed by atoms with Crippen LogP contribution < -0.4 is 10.1 Å². The molecule has 1 unspecified atom stereocenters. The summed E-state index contributed by atoms with van der Waals surface area (Å²) in [6.45, 7) is 6.50. The van der Waals surface area contributed by atoms with Crippen molar-refractivity contribution in [1.29, 1.82) is 0 Å². The van der Waals surface area contributed by atoms with Crippen molar-refractivity contribution < 1.29 is 4.74 Å². The predicted molar refractivity (Wildman–Crippen MR) is 75.3 cm³/mol. The minimum Gasteiger partial charge on any atom is -0.496 e. The quantitative estimate of drug-likeness (QED) is 0.883. The van der Waals surface area contributed by atoms with Crippen molar-refractivity contribution in [3.8, 4) is 5.75 Å². The van der Waals surface area contributed by atoms with E-state index in [2.05, 4.69) is 50.3 Å². The third kappa shape index (κ3) is 2.38. The van der Waals surface area contributed by atoms with Gasteiger partial charge in [0.25, 0.3) is 0 Å². The molecule has 0 radical (unpaired) electrons. The second-order valence-corrected chi connectivity index (χ2v) is 5.52. The zero-order chi connectivity index (χ0) is 13.3. The lowest BCUT2D eigenvalue weighted by Gasteiger charge is -2.40. The van der Waals surface area contributed by atoms with Crippen LogP contribution in [0.3, 0.4) is 0 Å². The molecule has 1 aromatic rings. The fraction of sp³-hybridized carbons (Fsp3) is 0.600. The molecule has 1 saturated heterocycles. The maximum Gasteiger partial charge on any atom is 0.124 e. The van der Waals surface area contributed by atoms with E-state index in [9.17, 15) is 0 Å². The largest absolute Gasteiger partial charge is 0.496 e. The Balaban J connectivity index is 2.45. The Hall–Kier alpha value is -1.06. The molecule has 2 rings (SSSR count). The molecule has 1 N–H and O–H groups in total. The minimum absolute atomic E-state index is 0.432. The van der Waals surface area contributed by atoms with E-state index in [0.29, 0.717) is 12.0 Å². The molecule has 1 fully saturated rings. The molecule has 18 heavy (non-hydrogen) atoms. The van der Waals surface area contributed by atoms with Crippen LogP contribution in [0.15, 0.2) is 12.1 Å². The predicted octanol–water partition coefficient (Wildman–Crippen LogP) is 2.13. The van der Waals surface area contributed by atoms with Crippen LogP contribution in [0, 0.1) is 19.8 Å². The molecule has 1 aliphatic rings. The smallest absolute Gasteiger partial charge is 0.124 e. The number of rotatable bonds is 4. The summed E-state index contributed by atoms with van der Waals surface area (Å²) >= 11 is 0. The monoisotopic (exact) mass is 248 g/mol. The molecule has 0 spiro atoms. The Bertz CT molecular complexity index is 425. The number of benzene rings is 1. The van der Waals surface area contributed by atoms with Gasteiger partial charge in [0.2, 0.25) is 0 Å². The van der Waals surface area contributed by atoms with Crippen molar-refractivity contribution in [3.05, 3.63) is 28.8 Å². The zero-order valence-corrected chi connectivity index (χ0v) is 12.1. The third-order valence-electron chi connectivity index (χ3n) is 3.82. The van der Waals surface area contributed by atoms with Crippen molar-refractivity contribution in [3.63, 3.8) is 0 Å². The van der Waals surface area contributed by atoms with E-state index in [1.807, 2.05) is 0 Å². The lowest BCUT2D eigenvalue weighted by Crippen LogP contribution is -2.49. The van der Waals surface area contributed by atoms with Gasteiger partial charge < -0.3 is 15.0 Å². The van der Waals surface area contributed by atoms with Crippen molar-refractivity contribution in [2.24, 2.45) is 5.92 Å². The molecule has 0 bridgehead atoms. The van der Waals surface area contributed by atoms with Gasteiger partial charge in [-0.25, -0.2) is 0 Å². The number of hydrogen-bond acceptors (Lipinski definition) is 3. The number of aryl methyl sites for hydroxylation is 2. The van der Waals surface area contributed by atoms with Gasteiger partial charge in [0.1, 0.15) is 5.75 Å². The van der Waals surface area contributed by atoms with Gasteiger partial charge >= 0.3 is 0 Å². The van der Waals surface area contributed by atoms with Gasteiger partial charge in [-0.3, -0.25) is 0 Å². The summed E-state index contributed by atoms with van der Waals surface area (Å²) in [6.07, 6.45) is 0. The van der Waals surface area contributed by atoms with Gasteiger partial charge in [0, 0.05) is 30.6 Å². The summed E-state index contributed by atoms with van der Waals surface area (Å²) in [5, 5.41) is 3.37. The van der Waals surface area contributed by atoms with E-state index in [4.69, 9.17) is 4.74 Å². The first-order valence-corrected chi connectivity index (χ1v) is 6.57. The fourth-order valence-corrected chi connectivity index (χ4v) is 2.94. The van der Waals surface area contributed by atoms with E-state index >= 15 is 0 Å². The molecule has 3 nitrogen and oxygen atoms in total. The summed E-state index contributed by atoms with van der Waals surface area (Å²) in [7, 11) is 6.08. The molecule has 0 saturated carbocycles. The SMILES string of the molecule is COc1cc(C)cc(C)c1C(C1CNC1)N(C)C. The molecule has 0 amide bonds. The highest BCUT2D eigenvalue weighted by atomic mass is 16.5. The molecular weight excluding hydrogens is 224 g/mol. The first kappa shape index (κ1) is 13.4. The summed E-state index contributed by atoms with van der Waals surface area (Å²) < 4.78 is 5.61. The molecule has 0 aliphatic carbocycles. The summed E-state index contributed by atoms with van der Waals surface area (Å²) in [4.78, 5) is 2.31. The Morgan fingerprint density at radius 3 is 2.39 bits per heavy atom. The van der Waals surface area contributed by atoms with Gasteiger partial charge in [-0.1, -0.05) is 6.07 Å². The van der Waals surface area contributed by atoms with Crippen LogP contribution in [0.2, 0.25) is 0 Å².